The van der Waals surface area contributed by atoms with Gasteiger partial charge in [-0.05, 0) is 35.6 Å². The van der Waals surface area contributed by atoms with Crippen LogP contribution in [0.25, 0.3) is 0 Å². The number of amides is 1. The maximum atomic E-state index is 12.6. The fourth-order valence-corrected chi connectivity index (χ4v) is 4.40. The van der Waals surface area contributed by atoms with Crippen molar-refractivity contribution >= 4 is 44.6 Å². The van der Waals surface area contributed by atoms with Crippen LogP contribution >= 0.6 is 22.9 Å². The van der Waals surface area contributed by atoms with Crippen molar-refractivity contribution < 1.29 is 13.2 Å². The minimum Gasteiger partial charge on any atom is -0.349 e. The Morgan fingerprint density at radius 3 is 2.65 bits per heavy atom. The number of nitrogens with zero attached hydrogens (tertiary/aromatic N) is 1. The van der Waals surface area contributed by atoms with E-state index in [-0.39, 0.29) is 17.2 Å². The van der Waals surface area contributed by atoms with Gasteiger partial charge in [-0.3, -0.25) is 9.52 Å². The van der Waals surface area contributed by atoms with E-state index < -0.39 is 10.0 Å². The molecule has 0 radical (unpaired) electrons. The highest BCUT2D eigenvalue weighted by molar-refractivity contribution is 7.92. The summed E-state index contributed by atoms with van der Waals surface area (Å²) in [4.78, 5) is 13.4. The molecule has 0 aliphatic rings. The lowest BCUT2D eigenvalue weighted by Gasteiger charge is -2.13. The molecule has 0 atom stereocenters. The van der Waals surface area contributed by atoms with Crippen molar-refractivity contribution in [2.24, 2.45) is 0 Å². The molecule has 0 aliphatic carbocycles. The zero-order chi connectivity index (χ0) is 17.2. The molecule has 0 saturated heterocycles. The lowest BCUT2D eigenvalue weighted by Crippen LogP contribution is -2.24. The molecule has 0 aliphatic heterocycles. The summed E-state index contributed by atoms with van der Waals surface area (Å²) in [6, 6.07) is 4.73. The third-order valence-electron chi connectivity index (χ3n) is 3.33. The van der Waals surface area contributed by atoms with Gasteiger partial charge in [0.1, 0.15) is 0 Å². The molecule has 1 aromatic heterocycles. The van der Waals surface area contributed by atoms with Crippen LogP contribution in [0, 0.1) is 6.92 Å². The van der Waals surface area contributed by atoms with Crippen LogP contribution in [0.5, 0.6) is 0 Å². The minimum absolute atomic E-state index is 0.0946. The molecule has 0 unspecified atom stereocenters. The molecular weight excluding hydrogens is 356 g/mol. The number of halogens is 1. The summed E-state index contributed by atoms with van der Waals surface area (Å²) in [7, 11) is -0.446. The lowest BCUT2D eigenvalue weighted by atomic mass is 10.2. The fourth-order valence-electron chi connectivity index (χ4n) is 1.95. The molecule has 124 valence electrons. The van der Waals surface area contributed by atoms with Crippen molar-refractivity contribution in [3.8, 4) is 0 Å². The number of sulfonamides is 1. The van der Waals surface area contributed by atoms with Crippen molar-refractivity contribution in [1.29, 1.82) is 0 Å². The summed E-state index contributed by atoms with van der Waals surface area (Å²) < 4.78 is 27.7. The molecule has 1 amide bonds. The van der Waals surface area contributed by atoms with Crippen molar-refractivity contribution in [3.05, 3.63) is 45.1 Å². The summed E-state index contributed by atoms with van der Waals surface area (Å²) in [5.41, 5.74) is 1.56. The number of hydrogen-bond donors (Lipinski definition) is 1. The number of anilines is 1. The second-order valence-electron chi connectivity index (χ2n) is 5.24. The van der Waals surface area contributed by atoms with Gasteiger partial charge in [0.25, 0.3) is 10.0 Å². The van der Waals surface area contributed by atoms with Gasteiger partial charge in [-0.1, -0.05) is 17.7 Å². The molecule has 2 aromatic rings. The summed E-state index contributed by atoms with van der Waals surface area (Å²) in [5.74, 6) is -0.0946. The number of carbonyl (C=O) groups excluding carboxylic acids is 1. The quantitative estimate of drug-likeness (QED) is 0.876. The molecule has 0 bridgehead atoms. The Hall–Kier alpha value is -1.57. The molecule has 5 nitrogen and oxygen atoms in total. The Kier molecular flexibility index (Phi) is 5.33. The first-order valence-electron chi connectivity index (χ1n) is 6.75. The van der Waals surface area contributed by atoms with Crippen molar-refractivity contribution in [2.45, 2.75) is 18.2 Å². The van der Waals surface area contributed by atoms with Gasteiger partial charge in [0.15, 0.2) is 0 Å². The number of hydrogen-bond acceptors (Lipinski definition) is 4. The molecule has 1 heterocycles. The number of thiophene rings is 1. The van der Waals surface area contributed by atoms with Gasteiger partial charge in [-0.2, -0.15) is 0 Å². The first-order chi connectivity index (χ1) is 10.7. The van der Waals surface area contributed by atoms with Crippen molar-refractivity contribution in [2.75, 3.05) is 18.8 Å². The molecule has 2 rings (SSSR count). The summed E-state index contributed by atoms with van der Waals surface area (Å²) in [6.45, 7) is 1.65. The van der Waals surface area contributed by atoms with E-state index >= 15 is 0 Å². The molecule has 1 aromatic carbocycles. The van der Waals surface area contributed by atoms with Crippen LogP contribution in [0.2, 0.25) is 5.02 Å². The maximum absolute atomic E-state index is 12.6. The van der Waals surface area contributed by atoms with E-state index in [1.54, 1.807) is 43.9 Å². The van der Waals surface area contributed by atoms with Crippen molar-refractivity contribution in [3.63, 3.8) is 0 Å². The molecule has 0 spiro atoms. The molecule has 23 heavy (non-hydrogen) atoms. The van der Waals surface area contributed by atoms with E-state index in [1.165, 1.54) is 22.3 Å². The highest BCUT2D eigenvalue weighted by Crippen LogP contribution is 2.28. The highest BCUT2D eigenvalue weighted by Gasteiger charge is 2.21. The predicted molar refractivity (Wildman–Crippen MR) is 93.7 cm³/mol. The summed E-state index contributed by atoms with van der Waals surface area (Å²) >= 11 is 7.34. The van der Waals surface area contributed by atoms with E-state index in [4.69, 9.17) is 11.6 Å². The van der Waals surface area contributed by atoms with E-state index in [2.05, 4.69) is 4.72 Å². The van der Waals surface area contributed by atoms with Gasteiger partial charge >= 0.3 is 0 Å². The molecule has 0 fully saturated rings. The van der Waals surface area contributed by atoms with Crippen LogP contribution in [-0.2, 0) is 21.2 Å². The Morgan fingerprint density at radius 1 is 1.30 bits per heavy atom. The van der Waals surface area contributed by atoms with E-state index in [0.29, 0.717) is 21.8 Å². The van der Waals surface area contributed by atoms with Crippen LogP contribution in [-0.4, -0.2) is 33.3 Å². The lowest BCUT2D eigenvalue weighted by molar-refractivity contribution is -0.127. The van der Waals surface area contributed by atoms with Crippen molar-refractivity contribution in [1.82, 2.24) is 4.90 Å². The van der Waals surface area contributed by atoms with Crippen LogP contribution < -0.4 is 4.72 Å². The Bertz CT molecular complexity index is 829. The Morgan fingerprint density at radius 2 is 2.00 bits per heavy atom. The zero-order valence-corrected chi connectivity index (χ0v) is 15.3. The van der Waals surface area contributed by atoms with Gasteiger partial charge in [-0.25, -0.2) is 8.42 Å². The highest BCUT2D eigenvalue weighted by atomic mass is 35.5. The fraction of sp³-hybridized carbons (Fsp3) is 0.267. The third kappa shape index (κ3) is 4.04. The average molecular weight is 373 g/mol. The molecule has 1 N–H and O–H groups in total. The van der Waals surface area contributed by atoms with Gasteiger partial charge in [0, 0.05) is 24.5 Å². The number of likely N-dealkylation sites (N-methyl/N-ethyl adjacent to an activating group) is 1. The summed E-state index contributed by atoms with van der Waals surface area (Å²) in [6.07, 6.45) is 0.142. The molecule has 0 saturated carbocycles. The molecule has 8 heteroatoms. The smallest absolute Gasteiger partial charge is 0.262 e. The zero-order valence-electron chi connectivity index (χ0n) is 13.0. The normalized spacial score (nSPS) is 11.3. The topological polar surface area (TPSA) is 66.5 Å². The van der Waals surface area contributed by atoms with Crippen LogP contribution in [0.3, 0.4) is 0 Å². The average Bonchev–Trinajstić information content (AvgIpc) is 2.88. The predicted octanol–water partition coefficient (Wildman–Crippen LogP) is 3.14. The second-order valence-corrected chi connectivity index (χ2v) is 8.05. The maximum Gasteiger partial charge on any atom is 0.262 e. The standard InChI is InChI=1S/C15H17ClN2O3S2/c1-10-12(16)5-4-6-14(10)23(20,21)17-13-9-22-8-11(13)7-15(19)18(2)3/h4-6,8-9,17H,7H2,1-3H3. The third-order valence-corrected chi connectivity index (χ3v) is 6.05. The largest absolute Gasteiger partial charge is 0.349 e. The summed E-state index contributed by atoms with van der Waals surface area (Å²) in [5, 5.41) is 3.83. The monoisotopic (exact) mass is 372 g/mol. The van der Waals surface area contributed by atoms with Crippen LogP contribution in [0.4, 0.5) is 5.69 Å². The molecular formula is C15H17ClN2O3S2. The Balaban J connectivity index is 2.30. The first-order valence-corrected chi connectivity index (χ1v) is 9.56. The van der Waals surface area contributed by atoms with E-state index in [0.717, 1.165) is 0 Å². The van der Waals surface area contributed by atoms with Crippen LogP contribution in [0.1, 0.15) is 11.1 Å². The first kappa shape index (κ1) is 17.8. The number of rotatable bonds is 5. The van der Waals surface area contributed by atoms with Gasteiger partial charge in [0.05, 0.1) is 17.0 Å². The van der Waals surface area contributed by atoms with Gasteiger partial charge in [-0.15, -0.1) is 11.3 Å². The van der Waals surface area contributed by atoms with Crippen LogP contribution in [0.15, 0.2) is 33.9 Å². The Labute approximate surface area is 144 Å². The van der Waals surface area contributed by atoms with Gasteiger partial charge < -0.3 is 4.90 Å². The van der Waals surface area contributed by atoms with E-state index in [9.17, 15) is 13.2 Å². The van der Waals surface area contributed by atoms with Gasteiger partial charge in [0.2, 0.25) is 5.91 Å². The number of nitrogens with one attached hydrogen (secondary N) is 1. The minimum atomic E-state index is -3.77. The number of benzene rings is 1. The van der Waals surface area contributed by atoms with E-state index in [1.807, 2.05) is 0 Å². The SMILES string of the molecule is Cc1c(Cl)cccc1S(=O)(=O)Nc1cscc1CC(=O)N(C)C. The second kappa shape index (κ2) is 6.90. The number of carbonyl (C=O) groups is 1.